The summed E-state index contributed by atoms with van der Waals surface area (Å²) in [5.74, 6) is -0.0777. The van der Waals surface area contributed by atoms with Gasteiger partial charge in [-0.15, -0.1) is 4.52 Å². The summed E-state index contributed by atoms with van der Waals surface area (Å²) >= 11 is 0. The number of rotatable bonds is 7. The first kappa shape index (κ1) is 18.5. The molecule has 2 unspecified atom stereocenters. The monoisotopic (exact) mass is 343 g/mol. The number of benzene rings is 2. The number of aryl methyl sites for hydroxylation is 3. The molecule has 0 aliphatic rings. The van der Waals surface area contributed by atoms with Gasteiger partial charge in [-0.25, -0.2) is 0 Å². The van der Waals surface area contributed by atoms with Crippen molar-refractivity contribution in [1.82, 2.24) is 0 Å². The van der Waals surface area contributed by atoms with Crippen LogP contribution < -0.4 is 5.30 Å². The summed E-state index contributed by atoms with van der Waals surface area (Å²) in [6.45, 7) is 7.88. The van der Waals surface area contributed by atoms with E-state index in [2.05, 4.69) is 0 Å². The summed E-state index contributed by atoms with van der Waals surface area (Å²) < 4.78 is 18.2. The minimum atomic E-state index is -2.05. The molecule has 2 rings (SSSR count). The number of carbonyl (C=O) groups is 1. The van der Waals surface area contributed by atoms with Crippen LogP contribution in [0.5, 0.6) is 0 Å². The molecule has 0 aliphatic carbocycles. The Bertz CT molecular complexity index is 715. The lowest BCUT2D eigenvalue weighted by molar-refractivity contribution is 0.0792. The van der Waals surface area contributed by atoms with Crippen molar-refractivity contribution >= 4 is 19.1 Å². The Morgan fingerprint density at radius 2 is 1.67 bits per heavy atom. The zero-order valence-electron chi connectivity index (χ0n) is 14.7. The summed E-state index contributed by atoms with van der Waals surface area (Å²) in [5.41, 5.74) is 3.70. The third-order valence-electron chi connectivity index (χ3n) is 3.96. The molecule has 2 atom stereocenters. The molecule has 2 aromatic carbocycles. The van der Waals surface area contributed by atoms with E-state index in [0.29, 0.717) is 17.3 Å². The lowest BCUT2D eigenvalue weighted by Crippen LogP contribution is -2.25. The third-order valence-corrected chi connectivity index (χ3v) is 5.12. The van der Waals surface area contributed by atoms with E-state index in [1.54, 1.807) is 12.1 Å². The molecule has 0 bridgehead atoms. The van der Waals surface area contributed by atoms with Crippen LogP contribution in [0.4, 0.5) is 0 Å². The molecule has 3 nitrogen and oxygen atoms in total. The van der Waals surface area contributed by atoms with Crippen LogP contribution in [0, 0.1) is 20.8 Å². The minimum Gasteiger partial charge on any atom is -0.291 e. The Morgan fingerprint density at radius 3 is 2.21 bits per heavy atom. The van der Waals surface area contributed by atoms with Crippen molar-refractivity contribution in [2.24, 2.45) is 0 Å². The van der Waals surface area contributed by atoms with Gasteiger partial charge in [-0.1, -0.05) is 49.2 Å². The van der Waals surface area contributed by atoms with Gasteiger partial charge in [0, 0.05) is 5.56 Å². The highest BCUT2D eigenvalue weighted by Gasteiger charge is 2.33. The molecule has 0 amide bonds. The number of carbonyl (C=O) groups excluding carboxylic acids is 1. The zero-order valence-corrected chi connectivity index (χ0v) is 15.6. The van der Waals surface area contributed by atoms with Gasteiger partial charge in [0.15, 0.2) is 11.9 Å². The third kappa shape index (κ3) is 4.37. The molecule has 0 heterocycles. The number of hydrogen-bond donors (Lipinski definition) is 0. The topological polar surface area (TPSA) is 43.4 Å². The van der Waals surface area contributed by atoms with Gasteiger partial charge in [-0.05, 0) is 55.0 Å². The number of ketones is 1. The largest absolute Gasteiger partial charge is 0.549 e. The lowest BCUT2D eigenvalue weighted by atomic mass is 9.93. The number of Topliss-reactive ketones (excluding diaryl/α,β-unsaturated/α-hetero) is 1. The van der Waals surface area contributed by atoms with Gasteiger partial charge < -0.3 is 0 Å². The zero-order chi connectivity index (χ0) is 17.7. The summed E-state index contributed by atoms with van der Waals surface area (Å²) in [6.07, 6.45) is 0.664. The first-order chi connectivity index (χ1) is 11.4. The molecule has 0 saturated heterocycles. The van der Waals surface area contributed by atoms with E-state index < -0.39 is 14.1 Å². The minimum absolute atomic E-state index is 0.0777. The maximum atomic E-state index is 13.0. The fourth-order valence-electron chi connectivity index (χ4n) is 2.95. The van der Waals surface area contributed by atoms with Gasteiger partial charge >= 0.3 is 8.03 Å². The predicted molar refractivity (Wildman–Crippen MR) is 98.4 cm³/mol. The second-order valence-electron chi connectivity index (χ2n) is 6.11. The van der Waals surface area contributed by atoms with Gasteiger partial charge in [0.1, 0.15) is 0 Å². The molecule has 24 heavy (non-hydrogen) atoms. The van der Waals surface area contributed by atoms with Crippen LogP contribution in [0.3, 0.4) is 0 Å². The predicted octanol–water partition coefficient (Wildman–Crippen LogP) is 5.05. The molecule has 4 heteroatoms. The van der Waals surface area contributed by atoms with Crippen LogP contribution in [-0.4, -0.2) is 11.9 Å². The van der Waals surface area contributed by atoms with Gasteiger partial charge in [0.2, 0.25) is 5.30 Å². The van der Waals surface area contributed by atoms with Crippen molar-refractivity contribution in [3.05, 3.63) is 64.7 Å². The summed E-state index contributed by atoms with van der Waals surface area (Å²) in [4.78, 5) is 13.0. The SMILES string of the molecule is CCCC(O[P+](=O)c1ccccc1)C(=O)c1c(C)cc(C)cc1C. The second kappa shape index (κ2) is 8.32. The molecule has 0 N–H and O–H groups in total. The first-order valence-electron chi connectivity index (χ1n) is 8.25. The second-order valence-corrected chi connectivity index (χ2v) is 7.35. The molecule has 0 aliphatic heterocycles. The average molecular weight is 343 g/mol. The van der Waals surface area contributed by atoms with Crippen LogP contribution in [0.2, 0.25) is 0 Å². The van der Waals surface area contributed by atoms with E-state index in [-0.39, 0.29) is 5.78 Å². The maximum absolute atomic E-state index is 13.0. The molecule has 0 saturated carbocycles. The van der Waals surface area contributed by atoms with Crippen LogP contribution in [0.25, 0.3) is 0 Å². The smallest absolute Gasteiger partial charge is 0.291 e. The van der Waals surface area contributed by atoms with Crippen LogP contribution >= 0.6 is 8.03 Å². The van der Waals surface area contributed by atoms with Crippen LogP contribution in [-0.2, 0) is 9.09 Å². The van der Waals surface area contributed by atoms with E-state index in [4.69, 9.17) is 4.52 Å². The van der Waals surface area contributed by atoms with E-state index >= 15 is 0 Å². The molecule has 2 aromatic rings. The highest BCUT2D eigenvalue weighted by molar-refractivity contribution is 7.48. The normalized spacial score (nSPS) is 12.8. The fourth-order valence-corrected chi connectivity index (χ4v) is 3.92. The van der Waals surface area contributed by atoms with Crippen molar-refractivity contribution in [2.45, 2.75) is 46.6 Å². The Kier molecular flexibility index (Phi) is 6.42. The van der Waals surface area contributed by atoms with E-state index in [1.165, 1.54) is 0 Å². The van der Waals surface area contributed by atoms with Crippen molar-refractivity contribution in [3.63, 3.8) is 0 Å². The summed E-state index contributed by atoms with van der Waals surface area (Å²) in [7, 11) is -2.05. The fraction of sp³-hybridized carbons (Fsp3) is 0.350. The van der Waals surface area contributed by atoms with Crippen LogP contribution in [0.1, 0.15) is 46.8 Å². The molecule has 0 spiro atoms. The number of hydrogen-bond acceptors (Lipinski definition) is 3. The van der Waals surface area contributed by atoms with E-state index in [9.17, 15) is 9.36 Å². The van der Waals surface area contributed by atoms with Crippen LogP contribution in [0.15, 0.2) is 42.5 Å². The lowest BCUT2D eigenvalue weighted by Gasteiger charge is -2.14. The first-order valence-corrected chi connectivity index (χ1v) is 9.43. The Balaban J connectivity index is 2.27. The van der Waals surface area contributed by atoms with Crippen molar-refractivity contribution in [1.29, 1.82) is 0 Å². The molecular formula is C20H24O3P+. The standard InChI is InChI=1S/C20H24O3P/c1-5-9-18(23-24(22)17-10-7-6-8-11-17)20(21)19-15(3)12-14(2)13-16(19)4/h6-8,10-13,18H,5,9H2,1-4H3/q+1. The van der Waals surface area contributed by atoms with Gasteiger partial charge in [-0.3, -0.25) is 4.79 Å². The van der Waals surface area contributed by atoms with Crippen molar-refractivity contribution in [3.8, 4) is 0 Å². The highest BCUT2D eigenvalue weighted by atomic mass is 31.1. The molecule has 0 aromatic heterocycles. The van der Waals surface area contributed by atoms with Crippen molar-refractivity contribution in [2.75, 3.05) is 0 Å². The molecule has 126 valence electrons. The average Bonchev–Trinajstić information content (AvgIpc) is 2.54. The highest BCUT2D eigenvalue weighted by Crippen LogP contribution is 2.29. The Labute approximate surface area is 144 Å². The molecule has 0 radical (unpaired) electrons. The van der Waals surface area contributed by atoms with Gasteiger partial charge in [-0.2, -0.15) is 0 Å². The molecule has 0 fully saturated rings. The maximum Gasteiger partial charge on any atom is 0.549 e. The quantitative estimate of drug-likeness (QED) is 0.522. The Morgan fingerprint density at radius 1 is 1.08 bits per heavy atom. The summed E-state index contributed by atoms with van der Waals surface area (Å²) in [5, 5.41) is 0.610. The van der Waals surface area contributed by atoms with Crippen molar-refractivity contribution < 1.29 is 13.9 Å². The van der Waals surface area contributed by atoms with E-state index in [1.807, 2.05) is 58.0 Å². The van der Waals surface area contributed by atoms with Gasteiger partial charge in [0.25, 0.3) is 0 Å². The Hall–Kier alpha value is -1.83. The van der Waals surface area contributed by atoms with Gasteiger partial charge in [0.05, 0.1) is 0 Å². The van der Waals surface area contributed by atoms with E-state index in [0.717, 1.165) is 23.1 Å². The summed E-state index contributed by atoms with van der Waals surface area (Å²) in [6, 6.07) is 13.0. The molecular weight excluding hydrogens is 319 g/mol.